The molecular weight excluding hydrogens is 343 g/mol. The Balaban J connectivity index is 1.90. The number of benzene rings is 1. The number of likely N-dealkylation sites (tertiary alicyclic amines) is 1. The molecule has 1 aromatic carbocycles. The molecule has 1 fully saturated rings. The molecule has 0 spiro atoms. The summed E-state index contributed by atoms with van der Waals surface area (Å²) in [5, 5.41) is 0. The summed E-state index contributed by atoms with van der Waals surface area (Å²) in [6.45, 7) is 0.772. The van der Waals surface area contributed by atoms with Crippen molar-refractivity contribution < 1.29 is 18.7 Å². The summed E-state index contributed by atoms with van der Waals surface area (Å²) in [7, 11) is 0. The van der Waals surface area contributed by atoms with E-state index in [0.717, 1.165) is 6.42 Å². The molecule has 7 heteroatoms. The van der Waals surface area contributed by atoms with Crippen molar-refractivity contribution in [3.05, 3.63) is 28.5 Å². The molecule has 1 aromatic rings. The minimum atomic E-state index is -0.388. The predicted molar refractivity (Wildman–Crippen MR) is 78.1 cm³/mol. The van der Waals surface area contributed by atoms with Crippen molar-refractivity contribution in [2.45, 2.75) is 12.8 Å². The zero-order chi connectivity index (χ0) is 15.4. The zero-order valence-electron chi connectivity index (χ0n) is 11.4. The fourth-order valence-electron chi connectivity index (χ4n) is 2.26. The Kier molecular flexibility index (Phi) is 5.17. The number of nitrogens with two attached hydrogens (primary N) is 1. The van der Waals surface area contributed by atoms with Crippen LogP contribution in [0.15, 0.2) is 22.7 Å². The summed E-state index contributed by atoms with van der Waals surface area (Å²) >= 11 is 3.17. The van der Waals surface area contributed by atoms with E-state index in [9.17, 15) is 14.0 Å². The number of carbonyl (C=O) groups is 2. The van der Waals surface area contributed by atoms with Crippen LogP contribution in [0.25, 0.3) is 0 Å². The van der Waals surface area contributed by atoms with Crippen LogP contribution in [0.5, 0.6) is 5.75 Å². The fourth-order valence-corrected chi connectivity index (χ4v) is 2.72. The lowest BCUT2D eigenvalue weighted by Crippen LogP contribution is -2.45. The number of hydrogen-bond donors (Lipinski definition) is 1. The number of halogens is 2. The monoisotopic (exact) mass is 358 g/mol. The van der Waals surface area contributed by atoms with Crippen LogP contribution in [0.2, 0.25) is 0 Å². The fraction of sp³-hybridized carbons (Fsp3) is 0.429. The highest BCUT2D eigenvalue weighted by molar-refractivity contribution is 9.10. The van der Waals surface area contributed by atoms with E-state index in [1.165, 1.54) is 18.2 Å². The van der Waals surface area contributed by atoms with Crippen LogP contribution in [0.1, 0.15) is 12.8 Å². The van der Waals surface area contributed by atoms with E-state index in [-0.39, 0.29) is 30.2 Å². The molecule has 1 saturated heterocycles. The van der Waals surface area contributed by atoms with Gasteiger partial charge in [0.05, 0.1) is 10.4 Å². The van der Waals surface area contributed by atoms with Crippen molar-refractivity contribution in [3.8, 4) is 5.75 Å². The van der Waals surface area contributed by atoms with Crippen LogP contribution >= 0.6 is 15.9 Å². The van der Waals surface area contributed by atoms with E-state index in [2.05, 4.69) is 15.9 Å². The van der Waals surface area contributed by atoms with Crippen LogP contribution in [0, 0.1) is 11.7 Å². The lowest BCUT2D eigenvalue weighted by atomic mass is 9.97. The second kappa shape index (κ2) is 6.89. The van der Waals surface area contributed by atoms with Gasteiger partial charge in [0, 0.05) is 13.1 Å². The van der Waals surface area contributed by atoms with Crippen molar-refractivity contribution in [2.24, 2.45) is 11.7 Å². The van der Waals surface area contributed by atoms with Gasteiger partial charge in [0.2, 0.25) is 5.91 Å². The highest BCUT2D eigenvalue weighted by Gasteiger charge is 2.27. The Morgan fingerprint density at radius 2 is 2.24 bits per heavy atom. The number of primary amides is 1. The minimum absolute atomic E-state index is 0.157. The van der Waals surface area contributed by atoms with Crippen LogP contribution < -0.4 is 10.5 Å². The van der Waals surface area contributed by atoms with Crippen molar-refractivity contribution in [2.75, 3.05) is 19.7 Å². The smallest absolute Gasteiger partial charge is 0.260 e. The number of amides is 2. The first-order valence-corrected chi connectivity index (χ1v) is 7.41. The van der Waals surface area contributed by atoms with Crippen LogP contribution in [0.3, 0.4) is 0 Å². The molecule has 0 radical (unpaired) electrons. The lowest BCUT2D eigenvalue weighted by Gasteiger charge is -2.31. The summed E-state index contributed by atoms with van der Waals surface area (Å²) in [4.78, 5) is 24.8. The molecule has 5 nitrogen and oxygen atoms in total. The van der Waals surface area contributed by atoms with Gasteiger partial charge in [-0.15, -0.1) is 0 Å². The van der Waals surface area contributed by atoms with Gasteiger partial charge in [-0.05, 0) is 47.0 Å². The quantitative estimate of drug-likeness (QED) is 0.889. The lowest BCUT2D eigenvalue weighted by molar-refractivity contribution is -0.136. The molecular formula is C14H16BrFN2O3. The highest BCUT2D eigenvalue weighted by atomic mass is 79.9. The molecule has 1 heterocycles. The number of hydrogen-bond acceptors (Lipinski definition) is 3. The maximum atomic E-state index is 13.0. The Hall–Kier alpha value is -1.63. The van der Waals surface area contributed by atoms with Crippen LogP contribution in [-0.2, 0) is 9.59 Å². The maximum absolute atomic E-state index is 13.0. The van der Waals surface area contributed by atoms with Gasteiger partial charge < -0.3 is 15.4 Å². The Labute approximate surface area is 130 Å². The Morgan fingerprint density at radius 1 is 1.48 bits per heavy atom. The SMILES string of the molecule is NC(=O)[C@@H]1CCCN(C(=O)COc2ccc(F)cc2Br)C1. The topological polar surface area (TPSA) is 72.6 Å². The van der Waals surface area contributed by atoms with Crippen LogP contribution in [0.4, 0.5) is 4.39 Å². The predicted octanol–water partition coefficient (Wildman–Crippen LogP) is 1.69. The molecule has 0 bridgehead atoms. The third-order valence-corrected chi connectivity index (χ3v) is 4.04. The van der Waals surface area contributed by atoms with Gasteiger partial charge in [0.25, 0.3) is 5.91 Å². The molecule has 1 aliphatic rings. The average Bonchev–Trinajstić information content (AvgIpc) is 2.46. The molecule has 2 amide bonds. The van der Waals surface area contributed by atoms with Gasteiger partial charge in [0.1, 0.15) is 11.6 Å². The average molecular weight is 359 g/mol. The van der Waals surface area contributed by atoms with E-state index < -0.39 is 0 Å². The molecule has 1 atom stereocenters. The van der Waals surface area contributed by atoms with E-state index >= 15 is 0 Å². The van der Waals surface area contributed by atoms with Gasteiger partial charge in [-0.1, -0.05) is 0 Å². The minimum Gasteiger partial charge on any atom is -0.483 e. The number of piperidine rings is 1. The third kappa shape index (κ3) is 4.17. The molecule has 0 aromatic heterocycles. The molecule has 2 N–H and O–H groups in total. The molecule has 0 aliphatic carbocycles. The van der Waals surface area contributed by atoms with Crippen molar-refractivity contribution in [3.63, 3.8) is 0 Å². The molecule has 2 rings (SSSR count). The molecule has 0 saturated carbocycles. The summed E-state index contributed by atoms with van der Waals surface area (Å²) < 4.78 is 18.8. The first-order valence-electron chi connectivity index (χ1n) is 6.62. The van der Waals surface area contributed by atoms with Gasteiger partial charge in [-0.25, -0.2) is 4.39 Å². The van der Waals surface area contributed by atoms with Crippen LogP contribution in [-0.4, -0.2) is 36.4 Å². The summed E-state index contributed by atoms with van der Waals surface area (Å²) in [6.07, 6.45) is 1.46. The normalized spacial score (nSPS) is 18.4. The molecule has 1 aliphatic heterocycles. The summed E-state index contributed by atoms with van der Waals surface area (Å²) in [5.41, 5.74) is 5.28. The number of carbonyl (C=O) groups excluding carboxylic acids is 2. The van der Waals surface area contributed by atoms with E-state index in [4.69, 9.17) is 10.5 Å². The third-order valence-electron chi connectivity index (χ3n) is 3.42. The highest BCUT2D eigenvalue weighted by Crippen LogP contribution is 2.25. The molecule has 114 valence electrons. The zero-order valence-corrected chi connectivity index (χ0v) is 12.9. The standard InChI is InChI=1S/C14H16BrFN2O3/c15-11-6-10(16)3-4-12(11)21-8-13(19)18-5-1-2-9(7-18)14(17)20/h3-4,6,9H,1-2,5,7-8H2,(H2,17,20)/t9-/m1/s1. The second-order valence-corrected chi connectivity index (χ2v) is 5.80. The van der Waals surface area contributed by atoms with Crippen molar-refractivity contribution in [1.82, 2.24) is 4.90 Å². The first-order chi connectivity index (χ1) is 9.97. The van der Waals surface area contributed by atoms with Gasteiger partial charge in [-0.2, -0.15) is 0 Å². The van der Waals surface area contributed by atoms with Crippen molar-refractivity contribution >= 4 is 27.7 Å². The van der Waals surface area contributed by atoms with Gasteiger partial charge in [0.15, 0.2) is 6.61 Å². The van der Waals surface area contributed by atoms with Gasteiger partial charge >= 0.3 is 0 Å². The Bertz CT molecular complexity index is 553. The van der Waals surface area contributed by atoms with E-state index in [1.807, 2.05) is 0 Å². The number of rotatable bonds is 4. The first kappa shape index (κ1) is 15.8. The summed E-state index contributed by atoms with van der Waals surface area (Å²) in [5.74, 6) is -0.874. The largest absolute Gasteiger partial charge is 0.483 e. The molecule has 21 heavy (non-hydrogen) atoms. The van der Waals surface area contributed by atoms with E-state index in [1.54, 1.807) is 4.90 Å². The maximum Gasteiger partial charge on any atom is 0.260 e. The molecule has 0 unspecified atom stereocenters. The van der Waals surface area contributed by atoms with E-state index in [0.29, 0.717) is 29.7 Å². The number of nitrogens with zero attached hydrogens (tertiary/aromatic N) is 1. The Morgan fingerprint density at radius 3 is 2.90 bits per heavy atom. The summed E-state index contributed by atoms with van der Waals surface area (Å²) in [6, 6.07) is 3.98. The van der Waals surface area contributed by atoms with Gasteiger partial charge in [-0.3, -0.25) is 9.59 Å². The second-order valence-electron chi connectivity index (χ2n) is 4.94. The number of ether oxygens (including phenoxy) is 1. The van der Waals surface area contributed by atoms with Crippen molar-refractivity contribution in [1.29, 1.82) is 0 Å².